The SMILES string of the molecule is Clc1ccc2c(c1)[C@@H]([NH+]1CCOCC1)/C(=C/COc1ccc3ccccc3c1Br)O2. The lowest BCUT2D eigenvalue weighted by molar-refractivity contribution is -0.933. The number of quaternary nitrogens is 1. The van der Waals surface area contributed by atoms with E-state index in [1.165, 1.54) is 10.3 Å². The molecule has 1 fully saturated rings. The first kappa shape index (κ1) is 19.9. The molecule has 0 aliphatic carbocycles. The minimum atomic E-state index is 0.117. The molecule has 0 amide bonds. The summed E-state index contributed by atoms with van der Waals surface area (Å²) < 4.78 is 18.8. The largest absolute Gasteiger partial charge is 0.488 e. The predicted octanol–water partition coefficient (Wildman–Crippen LogP) is 4.57. The van der Waals surface area contributed by atoms with E-state index in [0.29, 0.717) is 6.61 Å². The number of hydrogen-bond acceptors (Lipinski definition) is 3. The average Bonchev–Trinajstić information content (AvgIpc) is 3.13. The van der Waals surface area contributed by atoms with Crippen LogP contribution in [0.4, 0.5) is 0 Å². The molecule has 0 bridgehead atoms. The molecule has 154 valence electrons. The molecule has 0 spiro atoms. The van der Waals surface area contributed by atoms with Crippen LogP contribution in [0, 0.1) is 0 Å². The Bertz CT molecular complexity index is 1110. The van der Waals surface area contributed by atoms with Crippen molar-refractivity contribution >= 4 is 38.3 Å². The Morgan fingerprint density at radius 3 is 2.80 bits per heavy atom. The molecule has 2 heterocycles. The van der Waals surface area contributed by atoms with Gasteiger partial charge in [-0.05, 0) is 57.0 Å². The van der Waals surface area contributed by atoms with Gasteiger partial charge in [0.25, 0.3) is 0 Å². The number of rotatable bonds is 4. The number of benzene rings is 3. The van der Waals surface area contributed by atoms with Gasteiger partial charge in [0.05, 0.1) is 23.2 Å². The van der Waals surface area contributed by atoms with Gasteiger partial charge in [-0.25, -0.2) is 0 Å². The zero-order valence-electron chi connectivity index (χ0n) is 16.4. The number of halogens is 2. The second kappa shape index (κ2) is 8.60. The Morgan fingerprint density at radius 2 is 1.93 bits per heavy atom. The van der Waals surface area contributed by atoms with Gasteiger partial charge >= 0.3 is 0 Å². The molecule has 30 heavy (non-hydrogen) atoms. The third kappa shape index (κ3) is 3.83. The van der Waals surface area contributed by atoms with E-state index in [4.69, 9.17) is 25.8 Å². The molecule has 6 heteroatoms. The molecule has 0 aromatic heterocycles. The first-order chi connectivity index (χ1) is 14.7. The lowest BCUT2D eigenvalue weighted by Crippen LogP contribution is -3.14. The number of morpholine rings is 1. The number of hydrogen-bond donors (Lipinski definition) is 1. The molecule has 0 unspecified atom stereocenters. The van der Waals surface area contributed by atoms with E-state index in [1.807, 2.05) is 42.5 Å². The molecule has 3 aromatic rings. The highest BCUT2D eigenvalue weighted by Crippen LogP contribution is 2.39. The van der Waals surface area contributed by atoms with Crippen molar-refractivity contribution in [2.75, 3.05) is 32.9 Å². The predicted molar refractivity (Wildman–Crippen MR) is 122 cm³/mol. The second-order valence-electron chi connectivity index (χ2n) is 7.50. The first-order valence-electron chi connectivity index (χ1n) is 10.1. The fourth-order valence-electron chi connectivity index (χ4n) is 4.22. The van der Waals surface area contributed by atoms with Gasteiger partial charge in [0, 0.05) is 5.02 Å². The molecule has 1 N–H and O–H groups in total. The van der Waals surface area contributed by atoms with Crippen LogP contribution in [0.15, 0.2) is 70.9 Å². The number of fused-ring (bicyclic) bond motifs is 2. The van der Waals surface area contributed by atoms with Gasteiger partial charge < -0.3 is 19.1 Å². The van der Waals surface area contributed by atoms with Gasteiger partial charge in [-0.3, -0.25) is 0 Å². The molecule has 5 rings (SSSR count). The van der Waals surface area contributed by atoms with Crippen LogP contribution >= 0.6 is 27.5 Å². The van der Waals surface area contributed by atoms with Crippen LogP contribution < -0.4 is 14.4 Å². The summed E-state index contributed by atoms with van der Waals surface area (Å²) in [6, 6.07) is 18.3. The van der Waals surface area contributed by atoms with Gasteiger partial charge in [-0.2, -0.15) is 0 Å². The summed E-state index contributed by atoms with van der Waals surface area (Å²) in [6.07, 6.45) is 2.04. The summed E-state index contributed by atoms with van der Waals surface area (Å²) in [5, 5.41) is 3.04. The molecule has 3 aromatic carbocycles. The van der Waals surface area contributed by atoms with E-state index >= 15 is 0 Å². The van der Waals surface area contributed by atoms with Crippen molar-refractivity contribution in [3.05, 3.63) is 81.5 Å². The van der Waals surface area contributed by atoms with Crippen LogP contribution in [0.25, 0.3) is 10.8 Å². The van der Waals surface area contributed by atoms with E-state index in [1.54, 1.807) is 0 Å². The lowest BCUT2D eigenvalue weighted by atomic mass is 10.0. The Hall–Kier alpha value is -2.05. The molecule has 1 saturated heterocycles. The van der Waals surface area contributed by atoms with Crippen molar-refractivity contribution in [1.29, 1.82) is 0 Å². The van der Waals surface area contributed by atoms with E-state index in [9.17, 15) is 0 Å². The van der Waals surface area contributed by atoms with Crippen LogP contribution in [0.1, 0.15) is 11.6 Å². The molecular weight excluding hydrogens is 466 g/mol. The molecule has 0 radical (unpaired) electrons. The Kier molecular flexibility index (Phi) is 5.70. The Morgan fingerprint density at radius 1 is 1.10 bits per heavy atom. The zero-order valence-corrected chi connectivity index (χ0v) is 18.7. The maximum atomic E-state index is 6.29. The highest BCUT2D eigenvalue weighted by Gasteiger charge is 2.38. The normalized spacial score (nSPS) is 20.3. The second-order valence-corrected chi connectivity index (χ2v) is 8.73. The maximum Gasteiger partial charge on any atom is 0.175 e. The Balaban J connectivity index is 1.39. The lowest BCUT2D eigenvalue weighted by Gasteiger charge is -2.29. The molecular formula is C24H22BrClNO3+. The van der Waals surface area contributed by atoms with Crippen LogP contribution in [-0.4, -0.2) is 32.9 Å². The monoisotopic (exact) mass is 486 g/mol. The topological polar surface area (TPSA) is 32.1 Å². The highest BCUT2D eigenvalue weighted by atomic mass is 79.9. The van der Waals surface area contributed by atoms with Crippen molar-refractivity contribution in [2.24, 2.45) is 0 Å². The maximum absolute atomic E-state index is 6.29. The minimum Gasteiger partial charge on any atom is -0.488 e. The van der Waals surface area contributed by atoms with Crippen LogP contribution in [0.2, 0.25) is 5.02 Å². The minimum absolute atomic E-state index is 0.117. The summed E-state index contributed by atoms with van der Waals surface area (Å²) in [4.78, 5) is 1.43. The molecule has 4 nitrogen and oxygen atoms in total. The van der Waals surface area contributed by atoms with Crippen LogP contribution in [-0.2, 0) is 4.74 Å². The summed E-state index contributed by atoms with van der Waals surface area (Å²) in [5.41, 5.74) is 1.14. The molecule has 1 atom stereocenters. The third-order valence-electron chi connectivity index (χ3n) is 5.69. The van der Waals surface area contributed by atoms with Crippen molar-refractivity contribution in [3.63, 3.8) is 0 Å². The zero-order chi connectivity index (χ0) is 20.5. The fourth-order valence-corrected chi connectivity index (χ4v) is 5.01. The van der Waals surface area contributed by atoms with Gasteiger partial charge in [-0.15, -0.1) is 0 Å². The molecule has 2 aliphatic heterocycles. The highest BCUT2D eigenvalue weighted by molar-refractivity contribution is 9.10. The third-order valence-corrected chi connectivity index (χ3v) is 6.74. The molecule has 2 aliphatic rings. The summed E-state index contributed by atoms with van der Waals surface area (Å²) in [7, 11) is 0. The van der Waals surface area contributed by atoms with Crippen molar-refractivity contribution in [3.8, 4) is 11.5 Å². The summed E-state index contributed by atoms with van der Waals surface area (Å²) in [6.45, 7) is 3.82. The van der Waals surface area contributed by atoms with E-state index in [-0.39, 0.29) is 6.04 Å². The number of ether oxygens (including phenoxy) is 3. The van der Waals surface area contributed by atoms with Gasteiger partial charge in [0.1, 0.15) is 31.2 Å². The van der Waals surface area contributed by atoms with E-state index < -0.39 is 0 Å². The fraction of sp³-hybridized carbons (Fsp3) is 0.250. The summed E-state index contributed by atoms with van der Waals surface area (Å²) >= 11 is 9.98. The van der Waals surface area contributed by atoms with Gasteiger partial charge in [0.15, 0.2) is 11.8 Å². The van der Waals surface area contributed by atoms with Crippen molar-refractivity contribution in [2.45, 2.75) is 6.04 Å². The van der Waals surface area contributed by atoms with Crippen molar-refractivity contribution in [1.82, 2.24) is 0 Å². The van der Waals surface area contributed by atoms with Gasteiger partial charge in [0.2, 0.25) is 0 Å². The Labute approximate surface area is 189 Å². The standard InChI is InChI=1S/C24H21BrClNO3/c25-23-18-4-2-1-3-16(18)5-7-21(23)29-12-9-22-24(27-10-13-28-14-11-27)19-15-17(26)6-8-20(19)30-22/h1-9,15,24H,10-14H2/p+1/b22-9-/t24-/m1/s1. The van der Waals surface area contributed by atoms with Crippen LogP contribution in [0.5, 0.6) is 11.5 Å². The average molecular weight is 488 g/mol. The first-order valence-corrected chi connectivity index (χ1v) is 11.3. The molecule has 0 saturated carbocycles. The van der Waals surface area contributed by atoms with Crippen LogP contribution in [0.3, 0.4) is 0 Å². The number of nitrogens with one attached hydrogen (secondary N) is 1. The smallest absolute Gasteiger partial charge is 0.175 e. The van der Waals surface area contributed by atoms with Crippen molar-refractivity contribution < 1.29 is 19.1 Å². The summed E-state index contributed by atoms with van der Waals surface area (Å²) in [5.74, 6) is 2.61. The van der Waals surface area contributed by atoms with E-state index in [2.05, 4.69) is 34.1 Å². The van der Waals surface area contributed by atoms with Gasteiger partial charge in [-0.1, -0.05) is 41.9 Å². The quantitative estimate of drug-likeness (QED) is 0.585. The van der Waals surface area contributed by atoms with E-state index in [0.717, 1.165) is 64.0 Å².